The molecule has 0 saturated heterocycles. The van der Waals surface area contributed by atoms with E-state index >= 15 is 0 Å². The van der Waals surface area contributed by atoms with Crippen molar-refractivity contribution in [3.8, 4) is 11.5 Å². The highest BCUT2D eigenvalue weighted by molar-refractivity contribution is 9.10. The number of aryl methyl sites for hydroxylation is 2. The SMILES string of the molecule is Cc1cc(Br)cc(C)c1NC1COc2cc(O)ccc21. The maximum absolute atomic E-state index is 9.49. The van der Waals surface area contributed by atoms with Crippen LogP contribution < -0.4 is 10.1 Å². The number of benzene rings is 2. The van der Waals surface area contributed by atoms with Gasteiger partial charge in [0, 0.05) is 21.8 Å². The molecule has 1 atom stereocenters. The van der Waals surface area contributed by atoms with Crippen molar-refractivity contribution in [2.24, 2.45) is 0 Å². The summed E-state index contributed by atoms with van der Waals surface area (Å²) in [5.41, 5.74) is 4.63. The lowest BCUT2D eigenvalue weighted by molar-refractivity contribution is 0.338. The van der Waals surface area contributed by atoms with Gasteiger partial charge >= 0.3 is 0 Å². The molecule has 0 aliphatic carbocycles. The predicted octanol–water partition coefficient (Wildman–Crippen LogP) is 4.32. The van der Waals surface area contributed by atoms with Crippen molar-refractivity contribution in [2.75, 3.05) is 11.9 Å². The molecule has 2 aromatic rings. The van der Waals surface area contributed by atoms with Gasteiger partial charge in [-0.1, -0.05) is 15.9 Å². The lowest BCUT2D eigenvalue weighted by atomic mass is 10.0. The molecule has 0 saturated carbocycles. The number of fused-ring (bicyclic) bond motifs is 1. The third kappa shape index (κ3) is 2.36. The number of anilines is 1. The smallest absolute Gasteiger partial charge is 0.128 e. The topological polar surface area (TPSA) is 41.5 Å². The highest BCUT2D eigenvalue weighted by Crippen LogP contribution is 2.38. The fraction of sp³-hybridized carbons (Fsp3) is 0.250. The standard InChI is InChI=1S/C16H16BrNO2/c1-9-5-11(17)6-10(2)16(9)18-14-8-20-15-7-12(19)3-4-13(14)15/h3-7,14,18-19H,8H2,1-2H3. The maximum atomic E-state index is 9.49. The summed E-state index contributed by atoms with van der Waals surface area (Å²) in [5, 5.41) is 13.0. The summed E-state index contributed by atoms with van der Waals surface area (Å²) in [6.07, 6.45) is 0. The van der Waals surface area contributed by atoms with Gasteiger partial charge in [0.1, 0.15) is 18.1 Å². The van der Waals surface area contributed by atoms with Crippen LogP contribution in [-0.4, -0.2) is 11.7 Å². The Kier molecular flexibility index (Phi) is 3.34. The highest BCUT2D eigenvalue weighted by Gasteiger charge is 2.25. The summed E-state index contributed by atoms with van der Waals surface area (Å²) >= 11 is 3.51. The number of aromatic hydroxyl groups is 1. The maximum Gasteiger partial charge on any atom is 0.128 e. The van der Waals surface area contributed by atoms with Crippen LogP contribution in [0, 0.1) is 13.8 Å². The highest BCUT2D eigenvalue weighted by atomic mass is 79.9. The first kappa shape index (κ1) is 13.3. The molecule has 0 fully saturated rings. The fourth-order valence-electron chi connectivity index (χ4n) is 2.63. The number of hydrogen-bond acceptors (Lipinski definition) is 3. The molecule has 3 rings (SSSR count). The first-order valence-corrected chi connectivity index (χ1v) is 7.33. The van der Waals surface area contributed by atoms with Gasteiger partial charge in [0.15, 0.2) is 0 Å². The van der Waals surface area contributed by atoms with Gasteiger partial charge < -0.3 is 15.2 Å². The molecule has 2 aromatic carbocycles. The Morgan fingerprint density at radius 3 is 2.60 bits per heavy atom. The third-order valence-corrected chi connectivity index (χ3v) is 4.05. The van der Waals surface area contributed by atoms with Crippen LogP contribution in [0.5, 0.6) is 11.5 Å². The summed E-state index contributed by atoms with van der Waals surface area (Å²) in [7, 11) is 0. The van der Waals surface area contributed by atoms with Crippen LogP contribution in [0.2, 0.25) is 0 Å². The molecule has 0 aromatic heterocycles. The summed E-state index contributed by atoms with van der Waals surface area (Å²) in [5.74, 6) is 0.996. The summed E-state index contributed by atoms with van der Waals surface area (Å²) in [6.45, 7) is 4.76. The monoisotopic (exact) mass is 333 g/mol. The van der Waals surface area contributed by atoms with Crippen molar-refractivity contribution >= 4 is 21.6 Å². The van der Waals surface area contributed by atoms with Crippen molar-refractivity contribution in [3.63, 3.8) is 0 Å². The Balaban J connectivity index is 1.91. The summed E-state index contributed by atoms with van der Waals surface area (Å²) in [6, 6.07) is 9.59. The third-order valence-electron chi connectivity index (χ3n) is 3.59. The molecular formula is C16H16BrNO2. The number of hydrogen-bond donors (Lipinski definition) is 2. The molecule has 20 heavy (non-hydrogen) atoms. The molecule has 2 N–H and O–H groups in total. The second-order valence-electron chi connectivity index (χ2n) is 5.14. The fourth-order valence-corrected chi connectivity index (χ4v) is 3.32. The van der Waals surface area contributed by atoms with Crippen molar-refractivity contribution in [2.45, 2.75) is 19.9 Å². The summed E-state index contributed by atoms with van der Waals surface area (Å²) < 4.78 is 6.72. The Hall–Kier alpha value is -1.68. The van der Waals surface area contributed by atoms with E-state index in [0.717, 1.165) is 21.5 Å². The van der Waals surface area contributed by atoms with Gasteiger partial charge in [-0.3, -0.25) is 0 Å². The Morgan fingerprint density at radius 1 is 1.20 bits per heavy atom. The average Bonchev–Trinajstić information content (AvgIpc) is 2.76. The molecule has 1 unspecified atom stereocenters. The van der Waals surface area contributed by atoms with Crippen LogP contribution in [0.15, 0.2) is 34.8 Å². The van der Waals surface area contributed by atoms with Gasteiger partial charge in [-0.05, 0) is 49.2 Å². The molecular weight excluding hydrogens is 318 g/mol. The minimum absolute atomic E-state index is 0.115. The van der Waals surface area contributed by atoms with Crippen LogP contribution in [-0.2, 0) is 0 Å². The quantitative estimate of drug-likeness (QED) is 0.860. The van der Waals surface area contributed by atoms with E-state index in [1.807, 2.05) is 6.07 Å². The molecule has 104 valence electrons. The number of nitrogens with one attached hydrogen (secondary N) is 1. The van der Waals surface area contributed by atoms with Crippen LogP contribution in [0.1, 0.15) is 22.7 Å². The van der Waals surface area contributed by atoms with E-state index in [9.17, 15) is 5.11 Å². The van der Waals surface area contributed by atoms with Gasteiger partial charge in [-0.2, -0.15) is 0 Å². The van der Waals surface area contributed by atoms with E-state index in [1.165, 1.54) is 11.1 Å². The number of phenols is 1. The number of halogens is 1. The van der Waals surface area contributed by atoms with Gasteiger partial charge in [0.05, 0.1) is 6.04 Å². The molecule has 1 heterocycles. The normalized spacial score (nSPS) is 16.6. The van der Waals surface area contributed by atoms with Gasteiger partial charge in [-0.15, -0.1) is 0 Å². The minimum Gasteiger partial charge on any atom is -0.508 e. The zero-order chi connectivity index (χ0) is 14.3. The predicted molar refractivity (Wildman–Crippen MR) is 83.6 cm³/mol. The van der Waals surface area contributed by atoms with Crippen LogP contribution >= 0.6 is 15.9 Å². The van der Waals surface area contributed by atoms with E-state index in [-0.39, 0.29) is 11.8 Å². The lowest BCUT2D eigenvalue weighted by Gasteiger charge is -2.18. The molecule has 1 aliphatic rings. The zero-order valence-electron chi connectivity index (χ0n) is 11.4. The first-order chi connectivity index (χ1) is 9.54. The van der Waals surface area contributed by atoms with Crippen molar-refractivity contribution in [3.05, 3.63) is 51.5 Å². The molecule has 0 bridgehead atoms. The molecule has 0 spiro atoms. The van der Waals surface area contributed by atoms with Gasteiger partial charge in [0.2, 0.25) is 0 Å². The molecule has 4 heteroatoms. The van der Waals surface area contributed by atoms with E-state index in [0.29, 0.717) is 6.61 Å². The van der Waals surface area contributed by atoms with Crippen LogP contribution in [0.25, 0.3) is 0 Å². The van der Waals surface area contributed by atoms with Crippen LogP contribution in [0.3, 0.4) is 0 Å². The van der Waals surface area contributed by atoms with Gasteiger partial charge in [-0.25, -0.2) is 0 Å². The van der Waals surface area contributed by atoms with E-state index < -0.39 is 0 Å². The van der Waals surface area contributed by atoms with E-state index in [2.05, 4.69) is 47.2 Å². The Labute approximate surface area is 126 Å². The number of phenolic OH excluding ortho intramolecular Hbond substituents is 1. The van der Waals surface area contributed by atoms with Gasteiger partial charge in [0.25, 0.3) is 0 Å². The van der Waals surface area contributed by atoms with Crippen molar-refractivity contribution in [1.82, 2.24) is 0 Å². The minimum atomic E-state index is 0.115. The Morgan fingerprint density at radius 2 is 1.90 bits per heavy atom. The zero-order valence-corrected chi connectivity index (χ0v) is 13.0. The Bertz CT molecular complexity index is 647. The number of ether oxygens (including phenoxy) is 1. The molecule has 3 nitrogen and oxygen atoms in total. The largest absolute Gasteiger partial charge is 0.508 e. The molecule has 0 amide bonds. The second kappa shape index (κ2) is 5.02. The lowest BCUT2D eigenvalue weighted by Crippen LogP contribution is -2.13. The van der Waals surface area contributed by atoms with E-state index in [1.54, 1.807) is 12.1 Å². The first-order valence-electron chi connectivity index (χ1n) is 6.53. The second-order valence-corrected chi connectivity index (χ2v) is 6.06. The molecule has 1 aliphatic heterocycles. The van der Waals surface area contributed by atoms with Crippen LogP contribution in [0.4, 0.5) is 5.69 Å². The number of rotatable bonds is 2. The van der Waals surface area contributed by atoms with Crippen molar-refractivity contribution < 1.29 is 9.84 Å². The molecule has 0 radical (unpaired) electrons. The summed E-state index contributed by atoms with van der Waals surface area (Å²) in [4.78, 5) is 0. The van der Waals surface area contributed by atoms with Crippen molar-refractivity contribution in [1.29, 1.82) is 0 Å². The average molecular weight is 334 g/mol. The van der Waals surface area contributed by atoms with E-state index in [4.69, 9.17) is 4.74 Å².